The first-order valence-electron chi connectivity index (χ1n) is 3.86. The molecular weight excluding hydrogens is 192 g/mol. The number of thiazole rings is 1. The molecule has 1 aromatic heterocycles. The Bertz CT molecular complexity index is 300. The summed E-state index contributed by atoms with van der Waals surface area (Å²) in [6.45, 7) is 3.66. The van der Waals surface area contributed by atoms with Gasteiger partial charge in [-0.25, -0.2) is 4.98 Å². The molecule has 1 rings (SSSR count). The highest BCUT2D eigenvalue weighted by Crippen LogP contribution is 2.27. The van der Waals surface area contributed by atoms with Gasteiger partial charge in [-0.15, -0.1) is 21.5 Å². The van der Waals surface area contributed by atoms with Crippen LogP contribution < -0.4 is 0 Å². The van der Waals surface area contributed by atoms with Crippen molar-refractivity contribution in [2.45, 2.75) is 26.4 Å². The first-order valence-corrected chi connectivity index (χ1v) is 4.74. The van der Waals surface area contributed by atoms with Crippen molar-refractivity contribution in [3.8, 4) is 0 Å². The van der Waals surface area contributed by atoms with E-state index in [0.29, 0.717) is 6.42 Å². The zero-order valence-electron chi connectivity index (χ0n) is 7.39. The molecule has 0 N–H and O–H groups in total. The van der Waals surface area contributed by atoms with Crippen LogP contribution >= 0.6 is 11.3 Å². The van der Waals surface area contributed by atoms with Crippen LogP contribution in [0.2, 0.25) is 0 Å². The third kappa shape index (κ3) is 2.38. The molecule has 1 unspecified atom stereocenters. The van der Waals surface area contributed by atoms with Crippen molar-refractivity contribution in [2.24, 2.45) is 0 Å². The first kappa shape index (κ1) is 9.91. The van der Waals surface area contributed by atoms with Crippen LogP contribution in [-0.2, 0) is 4.84 Å². The van der Waals surface area contributed by atoms with Gasteiger partial charge in [0.05, 0.1) is 16.1 Å². The Morgan fingerprint density at radius 3 is 2.92 bits per heavy atom. The molecule has 6 heteroatoms. The number of aromatic nitrogens is 1. The maximum Gasteiger partial charge on any atom is 0.295 e. The van der Waals surface area contributed by atoms with E-state index in [9.17, 15) is 10.1 Å². The van der Waals surface area contributed by atoms with Gasteiger partial charge in [0.1, 0.15) is 6.10 Å². The van der Waals surface area contributed by atoms with E-state index in [4.69, 9.17) is 0 Å². The van der Waals surface area contributed by atoms with Crippen LogP contribution in [0.3, 0.4) is 0 Å². The summed E-state index contributed by atoms with van der Waals surface area (Å²) in [5.74, 6) is 0. The van der Waals surface area contributed by atoms with E-state index in [1.807, 2.05) is 13.8 Å². The predicted molar refractivity (Wildman–Crippen MR) is 48.0 cm³/mol. The number of rotatable bonds is 4. The van der Waals surface area contributed by atoms with Crippen molar-refractivity contribution in [1.82, 2.24) is 4.98 Å². The molecule has 1 aromatic rings. The molecule has 0 aliphatic rings. The summed E-state index contributed by atoms with van der Waals surface area (Å²) in [5, 5.41) is 9.39. The largest absolute Gasteiger partial charge is 0.305 e. The molecule has 0 spiro atoms. The van der Waals surface area contributed by atoms with E-state index in [0.717, 1.165) is 10.6 Å². The second-order valence-corrected chi connectivity index (χ2v) is 3.41. The van der Waals surface area contributed by atoms with Gasteiger partial charge in [0.15, 0.2) is 0 Å². The van der Waals surface area contributed by atoms with Crippen LogP contribution in [-0.4, -0.2) is 10.1 Å². The van der Waals surface area contributed by atoms with Crippen molar-refractivity contribution in [1.29, 1.82) is 0 Å². The van der Waals surface area contributed by atoms with Crippen molar-refractivity contribution in [3.63, 3.8) is 0 Å². The van der Waals surface area contributed by atoms with Crippen LogP contribution in [0.4, 0.5) is 0 Å². The van der Waals surface area contributed by atoms with Gasteiger partial charge in [0.2, 0.25) is 0 Å². The lowest BCUT2D eigenvalue weighted by Crippen LogP contribution is -2.08. The average Bonchev–Trinajstić information content (AvgIpc) is 2.47. The normalized spacial score (nSPS) is 12.5. The minimum atomic E-state index is -0.757. The third-order valence-electron chi connectivity index (χ3n) is 1.66. The van der Waals surface area contributed by atoms with Crippen molar-refractivity contribution < 1.29 is 9.92 Å². The first-order chi connectivity index (χ1) is 6.15. The summed E-state index contributed by atoms with van der Waals surface area (Å²) < 4.78 is 0. The van der Waals surface area contributed by atoms with E-state index in [1.165, 1.54) is 11.3 Å². The number of hydrogen-bond donors (Lipinski definition) is 0. The molecule has 72 valence electrons. The zero-order valence-corrected chi connectivity index (χ0v) is 8.21. The maximum atomic E-state index is 10.1. The lowest BCUT2D eigenvalue weighted by atomic mass is 10.2. The maximum absolute atomic E-state index is 10.1. The minimum Gasteiger partial charge on any atom is -0.305 e. The predicted octanol–water partition coefficient (Wildman–Crippen LogP) is 2.11. The molecule has 1 atom stereocenters. The molecule has 0 saturated heterocycles. The second kappa shape index (κ2) is 4.18. The Morgan fingerprint density at radius 1 is 1.85 bits per heavy atom. The highest BCUT2D eigenvalue weighted by atomic mass is 32.1. The summed E-state index contributed by atoms with van der Waals surface area (Å²) in [6, 6.07) is 0. The van der Waals surface area contributed by atoms with Crippen molar-refractivity contribution in [3.05, 3.63) is 26.2 Å². The summed E-state index contributed by atoms with van der Waals surface area (Å²) in [5.41, 5.74) is 2.47. The topological polar surface area (TPSA) is 65.3 Å². The molecule has 0 radical (unpaired) electrons. The van der Waals surface area contributed by atoms with E-state index in [-0.39, 0.29) is 0 Å². The fourth-order valence-corrected chi connectivity index (χ4v) is 1.94. The lowest BCUT2D eigenvalue weighted by Gasteiger charge is -2.10. The van der Waals surface area contributed by atoms with Gasteiger partial charge in [0.25, 0.3) is 5.09 Å². The fourth-order valence-electron chi connectivity index (χ4n) is 1.03. The molecule has 1 heterocycles. The molecule has 0 amide bonds. The number of nitrogens with zero attached hydrogens (tertiary/aromatic N) is 2. The smallest absolute Gasteiger partial charge is 0.295 e. The Balaban J connectivity index is 2.78. The number of aryl methyl sites for hydroxylation is 1. The Kier molecular flexibility index (Phi) is 3.18. The van der Waals surface area contributed by atoms with E-state index in [2.05, 4.69) is 9.82 Å². The van der Waals surface area contributed by atoms with E-state index >= 15 is 0 Å². The molecule has 0 bridgehead atoms. The summed E-state index contributed by atoms with van der Waals surface area (Å²) in [6.07, 6.45) is 0.104. The highest BCUT2D eigenvalue weighted by molar-refractivity contribution is 7.09. The number of hydrogen-bond acceptors (Lipinski definition) is 5. The van der Waals surface area contributed by atoms with Gasteiger partial charge in [-0.3, -0.25) is 0 Å². The molecular formula is C7H10N2O3S. The van der Waals surface area contributed by atoms with Gasteiger partial charge in [0, 0.05) is 0 Å². The molecule has 0 fully saturated rings. The summed E-state index contributed by atoms with van der Waals surface area (Å²) >= 11 is 1.38. The zero-order chi connectivity index (χ0) is 9.84. The summed E-state index contributed by atoms with van der Waals surface area (Å²) in [4.78, 5) is 19.5. The van der Waals surface area contributed by atoms with E-state index in [1.54, 1.807) is 5.51 Å². The lowest BCUT2D eigenvalue weighted by molar-refractivity contribution is -0.771. The van der Waals surface area contributed by atoms with Gasteiger partial charge >= 0.3 is 0 Å². The van der Waals surface area contributed by atoms with Gasteiger partial charge in [-0.2, -0.15) is 0 Å². The molecule has 13 heavy (non-hydrogen) atoms. The van der Waals surface area contributed by atoms with Crippen LogP contribution in [0.5, 0.6) is 0 Å². The fraction of sp³-hybridized carbons (Fsp3) is 0.571. The molecule has 0 saturated carbocycles. The monoisotopic (exact) mass is 202 g/mol. The second-order valence-electron chi connectivity index (χ2n) is 2.53. The molecule has 0 aromatic carbocycles. The van der Waals surface area contributed by atoms with E-state index < -0.39 is 11.2 Å². The Morgan fingerprint density at radius 2 is 2.54 bits per heavy atom. The third-order valence-corrected chi connectivity index (χ3v) is 2.68. The SMILES string of the molecule is CCC(O[N+](=O)[O-])c1scnc1C. The molecule has 5 nitrogen and oxygen atoms in total. The van der Waals surface area contributed by atoms with Gasteiger partial charge < -0.3 is 4.84 Å². The van der Waals surface area contributed by atoms with Crippen LogP contribution in [0.25, 0.3) is 0 Å². The Hall–Kier alpha value is -1.17. The van der Waals surface area contributed by atoms with Crippen molar-refractivity contribution in [2.75, 3.05) is 0 Å². The summed E-state index contributed by atoms with van der Waals surface area (Å²) in [7, 11) is 0. The average molecular weight is 202 g/mol. The van der Waals surface area contributed by atoms with Crippen LogP contribution in [0.15, 0.2) is 5.51 Å². The quantitative estimate of drug-likeness (QED) is 0.554. The minimum absolute atomic E-state index is 0.470. The molecule has 0 aliphatic carbocycles. The highest BCUT2D eigenvalue weighted by Gasteiger charge is 2.17. The standard InChI is InChI=1S/C7H10N2O3S/c1-3-6(12-9(10)11)7-5(2)8-4-13-7/h4,6H,3H2,1-2H3. The molecule has 0 aliphatic heterocycles. The van der Waals surface area contributed by atoms with Crippen LogP contribution in [0.1, 0.15) is 30.0 Å². The Labute approximate surface area is 79.5 Å². The van der Waals surface area contributed by atoms with Gasteiger partial charge in [-0.05, 0) is 13.3 Å². The van der Waals surface area contributed by atoms with Gasteiger partial charge in [-0.1, -0.05) is 6.92 Å². The van der Waals surface area contributed by atoms with Crippen LogP contribution in [0, 0.1) is 17.0 Å². The van der Waals surface area contributed by atoms with Crippen molar-refractivity contribution >= 4 is 11.3 Å².